The maximum Gasteiger partial charge on any atom is 0.295 e. The SMILES string of the molecule is CCCCCN1C(=O)C(=O)/C(=C(/O)c2ccc(OC)c(OC)c2)C1c1ccccc1C. The van der Waals surface area contributed by atoms with E-state index < -0.39 is 17.7 Å². The summed E-state index contributed by atoms with van der Waals surface area (Å²) in [7, 11) is 3.03. The predicted octanol–water partition coefficient (Wildman–Crippen LogP) is 4.62. The number of amides is 1. The number of likely N-dealkylation sites (tertiary alicyclic amines) is 1. The van der Waals surface area contributed by atoms with Crippen molar-refractivity contribution >= 4 is 17.4 Å². The van der Waals surface area contributed by atoms with Crippen LogP contribution in [0.2, 0.25) is 0 Å². The molecule has 2 aromatic rings. The number of aliphatic hydroxyl groups is 1. The zero-order valence-electron chi connectivity index (χ0n) is 18.5. The number of hydrogen-bond donors (Lipinski definition) is 1. The van der Waals surface area contributed by atoms with Crippen molar-refractivity contribution in [2.24, 2.45) is 0 Å². The maximum atomic E-state index is 13.1. The van der Waals surface area contributed by atoms with Gasteiger partial charge in [0.1, 0.15) is 5.76 Å². The van der Waals surface area contributed by atoms with E-state index in [2.05, 4.69) is 6.92 Å². The van der Waals surface area contributed by atoms with Gasteiger partial charge in [-0.3, -0.25) is 9.59 Å². The second-order valence-electron chi connectivity index (χ2n) is 7.63. The molecule has 1 heterocycles. The first-order valence-corrected chi connectivity index (χ1v) is 10.5. The number of hydrogen-bond acceptors (Lipinski definition) is 5. The largest absolute Gasteiger partial charge is 0.507 e. The lowest BCUT2D eigenvalue weighted by atomic mass is 9.92. The van der Waals surface area contributed by atoms with Gasteiger partial charge in [0, 0.05) is 12.1 Å². The third-order valence-corrected chi connectivity index (χ3v) is 5.68. The number of carbonyl (C=O) groups excluding carboxylic acids is 2. The smallest absolute Gasteiger partial charge is 0.295 e. The monoisotopic (exact) mass is 423 g/mol. The van der Waals surface area contributed by atoms with E-state index in [-0.39, 0.29) is 11.3 Å². The lowest BCUT2D eigenvalue weighted by Crippen LogP contribution is -2.31. The molecule has 6 heteroatoms. The summed E-state index contributed by atoms with van der Waals surface area (Å²) in [6.07, 6.45) is 2.76. The van der Waals surface area contributed by atoms with Crippen LogP contribution in [-0.4, -0.2) is 42.5 Å². The van der Waals surface area contributed by atoms with Crippen molar-refractivity contribution in [1.82, 2.24) is 4.90 Å². The number of rotatable bonds is 8. The fraction of sp³-hybridized carbons (Fsp3) is 0.360. The molecule has 1 fully saturated rings. The molecule has 2 aromatic carbocycles. The zero-order chi connectivity index (χ0) is 22.5. The predicted molar refractivity (Wildman–Crippen MR) is 119 cm³/mol. The molecule has 6 nitrogen and oxygen atoms in total. The van der Waals surface area contributed by atoms with Gasteiger partial charge in [-0.1, -0.05) is 44.0 Å². The van der Waals surface area contributed by atoms with Gasteiger partial charge in [0.05, 0.1) is 25.8 Å². The number of ether oxygens (including phenoxy) is 2. The van der Waals surface area contributed by atoms with Crippen molar-refractivity contribution < 1.29 is 24.2 Å². The molecular formula is C25H29NO5. The van der Waals surface area contributed by atoms with Crippen molar-refractivity contribution in [1.29, 1.82) is 0 Å². The fourth-order valence-corrected chi connectivity index (χ4v) is 4.00. The molecule has 1 atom stereocenters. The highest BCUT2D eigenvalue weighted by Crippen LogP contribution is 2.41. The normalized spacial score (nSPS) is 17.8. The second-order valence-corrected chi connectivity index (χ2v) is 7.63. The van der Waals surface area contributed by atoms with Gasteiger partial charge in [0.15, 0.2) is 11.5 Å². The van der Waals surface area contributed by atoms with E-state index in [9.17, 15) is 14.7 Å². The molecule has 1 N–H and O–H groups in total. The van der Waals surface area contributed by atoms with E-state index in [1.54, 1.807) is 23.1 Å². The summed E-state index contributed by atoms with van der Waals surface area (Å²) < 4.78 is 10.6. The highest BCUT2D eigenvalue weighted by atomic mass is 16.5. The fourth-order valence-electron chi connectivity index (χ4n) is 4.00. The molecule has 1 amide bonds. The van der Waals surface area contributed by atoms with Crippen LogP contribution in [0, 0.1) is 6.92 Å². The molecule has 0 aromatic heterocycles. The van der Waals surface area contributed by atoms with Crippen molar-refractivity contribution in [2.45, 2.75) is 39.2 Å². The Hall–Kier alpha value is -3.28. The maximum absolute atomic E-state index is 13.1. The van der Waals surface area contributed by atoms with Crippen LogP contribution in [0.15, 0.2) is 48.0 Å². The van der Waals surface area contributed by atoms with Crippen LogP contribution in [0.4, 0.5) is 0 Å². The Morgan fingerprint density at radius 1 is 1.03 bits per heavy atom. The molecule has 0 bridgehead atoms. The molecule has 31 heavy (non-hydrogen) atoms. The number of nitrogens with zero attached hydrogens (tertiary/aromatic N) is 1. The molecule has 1 aliphatic rings. The summed E-state index contributed by atoms with van der Waals surface area (Å²) in [6, 6.07) is 11.9. The Labute approximate surface area is 183 Å². The van der Waals surface area contributed by atoms with Gasteiger partial charge >= 0.3 is 0 Å². The number of carbonyl (C=O) groups is 2. The minimum Gasteiger partial charge on any atom is -0.507 e. The summed E-state index contributed by atoms with van der Waals surface area (Å²) in [5.41, 5.74) is 2.28. The van der Waals surface area contributed by atoms with Crippen molar-refractivity contribution in [2.75, 3.05) is 20.8 Å². The zero-order valence-corrected chi connectivity index (χ0v) is 18.5. The third-order valence-electron chi connectivity index (χ3n) is 5.68. The topological polar surface area (TPSA) is 76.1 Å². The molecule has 0 aliphatic carbocycles. The van der Waals surface area contributed by atoms with Crippen molar-refractivity contribution in [3.8, 4) is 11.5 Å². The number of aliphatic hydroxyl groups excluding tert-OH is 1. The number of benzene rings is 2. The van der Waals surface area contributed by atoms with Crippen LogP contribution in [0.3, 0.4) is 0 Å². The number of aryl methyl sites for hydroxylation is 1. The molecule has 0 spiro atoms. The molecule has 1 aliphatic heterocycles. The minimum atomic E-state index is -0.669. The Bertz CT molecular complexity index is 1010. The second kappa shape index (κ2) is 9.69. The Morgan fingerprint density at radius 2 is 1.74 bits per heavy atom. The van der Waals surface area contributed by atoms with Gasteiger partial charge in [-0.15, -0.1) is 0 Å². The van der Waals surface area contributed by atoms with Crippen LogP contribution < -0.4 is 9.47 Å². The molecule has 0 radical (unpaired) electrons. The van der Waals surface area contributed by atoms with Crippen molar-refractivity contribution in [3.05, 3.63) is 64.7 Å². The third kappa shape index (κ3) is 4.29. The summed E-state index contributed by atoms with van der Waals surface area (Å²) in [5, 5.41) is 11.2. The molecule has 1 saturated heterocycles. The molecular weight excluding hydrogens is 394 g/mol. The summed E-state index contributed by atoms with van der Waals surface area (Å²) in [5.74, 6) is -0.528. The van der Waals surface area contributed by atoms with Gasteiger partial charge in [-0.2, -0.15) is 0 Å². The van der Waals surface area contributed by atoms with Crippen molar-refractivity contribution in [3.63, 3.8) is 0 Å². The van der Waals surface area contributed by atoms with E-state index in [4.69, 9.17) is 9.47 Å². The summed E-state index contributed by atoms with van der Waals surface area (Å²) in [4.78, 5) is 27.6. The van der Waals surface area contributed by atoms with E-state index in [1.165, 1.54) is 14.2 Å². The van der Waals surface area contributed by atoms with Gasteiger partial charge in [-0.05, 0) is 42.7 Å². The van der Waals surface area contributed by atoms with E-state index in [0.29, 0.717) is 23.6 Å². The van der Waals surface area contributed by atoms with Crippen LogP contribution in [0.25, 0.3) is 5.76 Å². The quantitative estimate of drug-likeness (QED) is 0.290. The van der Waals surface area contributed by atoms with Crippen LogP contribution in [0.5, 0.6) is 11.5 Å². The standard InChI is InChI=1S/C25H29NO5/c1-5-6-9-14-26-22(18-11-8-7-10-16(18)2)21(24(28)25(26)29)23(27)17-12-13-19(30-3)20(15-17)31-4/h7-8,10-13,15,22,27H,5-6,9,14H2,1-4H3/b23-21+. The minimum absolute atomic E-state index is 0.100. The van der Waals surface area contributed by atoms with Gasteiger partial charge in [0.2, 0.25) is 0 Å². The highest BCUT2D eigenvalue weighted by molar-refractivity contribution is 6.46. The summed E-state index contributed by atoms with van der Waals surface area (Å²) >= 11 is 0. The van der Waals surface area contributed by atoms with E-state index in [0.717, 1.165) is 30.4 Å². The number of ketones is 1. The molecule has 164 valence electrons. The first kappa shape index (κ1) is 22.4. The van der Waals surface area contributed by atoms with Crippen LogP contribution in [-0.2, 0) is 9.59 Å². The summed E-state index contributed by atoms with van der Waals surface area (Å²) in [6.45, 7) is 4.49. The Kier molecular flexibility index (Phi) is 7.00. The number of methoxy groups -OCH3 is 2. The lowest BCUT2D eigenvalue weighted by molar-refractivity contribution is -0.139. The highest BCUT2D eigenvalue weighted by Gasteiger charge is 2.46. The van der Waals surface area contributed by atoms with Gasteiger partial charge in [0.25, 0.3) is 11.7 Å². The van der Waals surface area contributed by atoms with E-state index in [1.807, 2.05) is 31.2 Å². The lowest BCUT2D eigenvalue weighted by Gasteiger charge is -2.26. The average Bonchev–Trinajstić information content (AvgIpc) is 3.03. The van der Waals surface area contributed by atoms with Gasteiger partial charge < -0.3 is 19.5 Å². The first-order valence-electron chi connectivity index (χ1n) is 10.5. The first-order chi connectivity index (χ1) is 14.9. The van der Waals surface area contributed by atoms with E-state index >= 15 is 0 Å². The Morgan fingerprint density at radius 3 is 2.39 bits per heavy atom. The molecule has 0 saturated carbocycles. The Balaban J connectivity index is 2.16. The number of unbranched alkanes of at least 4 members (excludes halogenated alkanes) is 2. The molecule has 3 rings (SSSR count). The molecule has 1 unspecified atom stereocenters. The van der Waals surface area contributed by atoms with Gasteiger partial charge in [-0.25, -0.2) is 0 Å². The van der Waals surface area contributed by atoms with Crippen LogP contribution >= 0.6 is 0 Å². The average molecular weight is 424 g/mol. The van der Waals surface area contributed by atoms with Crippen LogP contribution in [0.1, 0.15) is 48.9 Å². The number of Topliss-reactive ketones (excluding diaryl/α,β-unsaturated/α-hetero) is 1.